The fraction of sp³-hybridized carbons (Fsp3) is 0.450. The number of fused-ring (bicyclic) bond motifs is 1. The van der Waals surface area contributed by atoms with Crippen LogP contribution in [0.4, 0.5) is 4.39 Å². The van der Waals surface area contributed by atoms with Gasteiger partial charge in [-0.15, -0.1) is 0 Å². The summed E-state index contributed by atoms with van der Waals surface area (Å²) in [6.45, 7) is 1.76. The maximum absolute atomic E-state index is 13.6. The maximum atomic E-state index is 13.6. The Morgan fingerprint density at radius 1 is 1.30 bits per heavy atom. The van der Waals surface area contributed by atoms with E-state index in [0.29, 0.717) is 12.0 Å². The molecule has 0 aliphatic carbocycles. The normalized spacial score (nSPS) is 26.7. The van der Waals surface area contributed by atoms with Crippen LogP contribution in [0, 0.1) is 5.82 Å². The van der Waals surface area contributed by atoms with Gasteiger partial charge in [0, 0.05) is 6.42 Å². The van der Waals surface area contributed by atoms with Crippen molar-refractivity contribution in [3.63, 3.8) is 0 Å². The third-order valence-electron chi connectivity index (χ3n) is 5.13. The molecule has 1 N–H and O–H groups in total. The molecule has 0 bridgehead atoms. The van der Waals surface area contributed by atoms with Crippen LogP contribution in [0.25, 0.3) is 0 Å². The minimum Gasteiger partial charge on any atom is -0.462 e. The zero-order chi connectivity index (χ0) is 23.6. The van der Waals surface area contributed by atoms with E-state index in [1.807, 2.05) is 11.9 Å². The Kier molecular flexibility index (Phi) is 6.91. The zero-order valence-corrected chi connectivity index (χ0v) is 18.5. The molecular weight excluding hydrogens is 462 g/mol. The Morgan fingerprint density at radius 2 is 2.09 bits per heavy atom. The largest absolute Gasteiger partial charge is 0.475 e. The number of esters is 1. The molecule has 2 saturated heterocycles. The van der Waals surface area contributed by atoms with E-state index < -0.39 is 49.3 Å². The average Bonchev–Trinajstić information content (AvgIpc) is 3.21. The number of aromatic nitrogens is 2. The average molecular weight is 484 g/mol. The van der Waals surface area contributed by atoms with Crippen LogP contribution in [0.2, 0.25) is 0 Å². The molecule has 33 heavy (non-hydrogen) atoms. The number of phosphoric acid groups is 1. The number of halogens is 1. The lowest BCUT2D eigenvalue weighted by molar-refractivity contribution is -0.0731. The number of H-pyrrole nitrogens is 1. The molecule has 11 nitrogen and oxygen atoms in total. The number of benzene rings is 1. The molecule has 0 saturated carbocycles. The van der Waals surface area contributed by atoms with Gasteiger partial charge in [0.2, 0.25) is 5.82 Å². The van der Waals surface area contributed by atoms with Gasteiger partial charge in [-0.3, -0.25) is 27.9 Å². The lowest BCUT2D eigenvalue weighted by atomic mass is 10.1. The molecule has 13 heteroatoms. The Hall–Kier alpha value is -2.63. The molecule has 0 spiro atoms. The van der Waals surface area contributed by atoms with Crippen molar-refractivity contribution in [3.8, 4) is 0 Å². The van der Waals surface area contributed by atoms with Crippen LogP contribution in [0.5, 0.6) is 0 Å². The summed E-state index contributed by atoms with van der Waals surface area (Å²) >= 11 is 0. The molecule has 2 aliphatic heterocycles. The number of carbonyl (C=O) groups excluding carboxylic acids is 1. The summed E-state index contributed by atoms with van der Waals surface area (Å²) < 4.78 is 54.5. The number of aromatic amines is 1. The van der Waals surface area contributed by atoms with E-state index in [9.17, 15) is 23.3 Å². The zero-order valence-electron chi connectivity index (χ0n) is 17.6. The van der Waals surface area contributed by atoms with Crippen molar-refractivity contribution in [2.75, 3.05) is 13.2 Å². The van der Waals surface area contributed by atoms with E-state index in [0.717, 1.165) is 10.8 Å². The quantitative estimate of drug-likeness (QED) is 0.464. The topological polar surface area (TPSA) is 135 Å². The second-order valence-electron chi connectivity index (χ2n) is 7.46. The molecule has 4 rings (SSSR count). The first kappa shape index (κ1) is 23.5. The number of carbonyl (C=O) groups is 1. The van der Waals surface area contributed by atoms with Gasteiger partial charge in [0.25, 0.3) is 5.56 Å². The molecule has 0 amide bonds. The molecule has 4 atom stereocenters. The highest BCUT2D eigenvalue weighted by molar-refractivity contribution is 7.48. The maximum Gasteiger partial charge on any atom is 0.475 e. The summed E-state index contributed by atoms with van der Waals surface area (Å²) in [6, 6.07) is 6.57. The van der Waals surface area contributed by atoms with Crippen LogP contribution < -0.4 is 11.2 Å². The third-order valence-corrected chi connectivity index (χ3v) is 6.57. The number of phosphoric ester groups is 1. The van der Waals surface area contributed by atoms with Gasteiger partial charge >= 0.3 is 19.5 Å². The second kappa shape index (κ2) is 9.70. The second-order valence-corrected chi connectivity index (χ2v) is 9.08. The summed E-state index contributed by atoms with van der Waals surface area (Å²) in [7, 11) is -4.02. The highest BCUT2D eigenvalue weighted by Crippen LogP contribution is 2.57. The molecule has 1 unspecified atom stereocenters. The fourth-order valence-corrected chi connectivity index (χ4v) is 4.88. The van der Waals surface area contributed by atoms with E-state index >= 15 is 0 Å². The Morgan fingerprint density at radius 3 is 2.88 bits per heavy atom. The number of rotatable bonds is 7. The first-order chi connectivity index (χ1) is 15.8. The molecule has 2 aliphatic rings. The molecule has 3 heterocycles. The van der Waals surface area contributed by atoms with Crippen molar-refractivity contribution >= 4 is 13.8 Å². The number of nitrogens with one attached hydrogen (secondary N) is 1. The molecule has 1 aromatic carbocycles. The monoisotopic (exact) mass is 484 g/mol. The fourth-order valence-electron chi connectivity index (χ4n) is 3.50. The predicted octanol–water partition coefficient (Wildman–Crippen LogP) is 2.27. The molecule has 2 fully saturated rings. The van der Waals surface area contributed by atoms with Gasteiger partial charge in [0.15, 0.2) is 0 Å². The van der Waals surface area contributed by atoms with Gasteiger partial charge < -0.3 is 9.47 Å². The van der Waals surface area contributed by atoms with Gasteiger partial charge in [-0.25, -0.2) is 14.2 Å². The van der Waals surface area contributed by atoms with Crippen molar-refractivity contribution in [1.29, 1.82) is 0 Å². The van der Waals surface area contributed by atoms with Crippen molar-refractivity contribution < 1.29 is 36.8 Å². The first-order valence-electron chi connectivity index (χ1n) is 10.3. The predicted molar refractivity (Wildman–Crippen MR) is 110 cm³/mol. The van der Waals surface area contributed by atoms with E-state index in [1.54, 1.807) is 24.3 Å². The number of hydrogen-bond donors (Lipinski definition) is 1. The smallest absolute Gasteiger partial charge is 0.462 e. The van der Waals surface area contributed by atoms with Gasteiger partial charge in [0.05, 0.1) is 31.6 Å². The third kappa shape index (κ3) is 5.15. The van der Waals surface area contributed by atoms with Crippen molar-refractivity contribution in [2.45, 2.75) is 44.8 Å². The molecule has 0 radical (unpaired) electrons. The standard InChI is InChI=1S/C20H22FN2O9P/c1-2-7-28-19(25)13-6-4-3-5-12(13)10-29-33(27)30-11-16-15(32-33)8-17(31-16)23-9-14(21)18(24)22-20(23)26/h3-6,9,15-17H,2,7-8,10-11H2,1H3,(H,22,24,26)/t15-,16+,17+,33?/m0/s1. The molecule has 178 valence electrons. The molecular formula is C20H22FN2O9P. The SMILES string of the molecule is CCCOC(=O)c1ccccc1COP1(=O)OC[C@H]2O[C@@H](n3cc(F)c(=O)[nH]c3=O)C[C@@H]2O1. The number of ether oxygens (including phenoxy) is 2. The summed E-state index contributed by atoms with van der Waals surface area (Å²) in [5.41, 5.74) is -1.27. The number of nitrogens with zero attached hydrogens (tertiary/aromatic N) is 1. The molecule has 2 aromatic rings. The summed E-state index contributed by atoms with van der Waals surface area (Å²) in [5.74, 6) is -1.67. The Balaban J connectivity index is 1.42. The molecule has 1 aromatic heterocycles. The van der Waals surface area contributed by atoms with Gasteiger partial charge in [-0.2, -0.15) is 4.39 Å². The van der Waals surface area contributed by atoms with Crippen LogP contribution >= 0.6 is 7.82 Å². The minimum absolute atomic E-state index is 0.0483. The van der Waals surface area contributed by atoms with Crippen LogP contribution in [0.3, 0.4) is 0 Å². The summed E-state index contributed by atoms with van der Waals surface area (Å²) in [5, 5.41) is 0. The van der Waals surface area contributed by atoms with Crippen molar-refractivity contribution in [3.05, 3.63) is 68.2 Å². The first-order valence-corrected chi connectivity index (χ1v) is 11.7. The highest BCUT2D eigenvalue weighted by Gasteiger charge is 2.48. The van der Waals surface area contributed by atoms with Crippen LogP contribution in [0.15, 0.2) is 40.1 Å². The van der Waals surface area contributed by atoms with E-state index in [2.05, 4.69) is 0 Å². The van der Waals surface area contributed by atoms with E-state index in [1.165, 1.54) is 0 Å². The minimum atomic E-state index is -4.02. The lowest BCUT2D eigenvalue weighted by Crippen LogP contribution is -2.34. The van der Waals surface area contributed by atoms with Gasteiger partial charge in [-0.05, 0) is 18.1 Å². The van der Waals surface area contributed by atoms with Gasteiger partial charge in [-0.1, -0.05) is 25.1 Å². The van der Waals surface area contributed by atoms with Crippen LogP contribution in [-0.4, -0.2) is 40.9 Å². The van der Waals surface area contributed by atoms with Crippen molar-refractivity contribution in [2.24, 2.45) is 0 Å². The summed E-state index contributed by atoms with van der Waals surface area (Å²) in [4.78, 5) is 37.3. The van der Waals surface area contributed by atoms with E-state index in [4.69, 9.17) is 23.0 Å². The Labute approximate surface area is 187 Å². The highest BCUT2D eigenvalue weighted by atomic mass is 31.2. The van der Waals surface area contributed by atoms with Crippen LogP contribution in [-0.2, 0) is 34.2 Å². The summed E-state index contributed by atoms with van der Waals surface area (Å²) in [6.07, 6.45) is -0.935. The van der Waals surface area contributed by atoms with Gasteiger partial charge in [0.1, 0.15) is 18.4 Å². The lowest BCUT2D eigenvalue weighted by Gasteiger charge is -2.29. The van der Waals surface area contributed by atoms with Crippen LogP contribution in [0.1, 0.15) is 41.9 Å². The Bertz CT molecular complexity index is 1200. The van der Waals surface area contributed by atoms with E-state index in [-0.39, 0.29) is 31.8 Å². The number of hydrogen-bond acceptors (Lipinski definition) is 9. The van der Waals surface area contributed by atoms with Crippen molar-refractivity contribution in [1.82, 2.24) is 9.55 Å².